The zero-order chi connectivity index (χ0) is 17.0. The Balaban J connectivity index is 2.51. The van der Waals surface area contributed by atoms with E-state index in [4.69, 9.17) is 33.2 Å². The normalized spacial score (nSPS) is 25.3. The largest absolute Gasteiger partial charge is 0.277 e. The Bertz CT molecular complexity index is 615. The molecule has 0 spiro atoms. The molecule has 1 aliphatic heterocycles. The average Bonchev–Trinajstić information content (AvgIpc) is 2.55. The van der Waals surface area contributed by atoms with Crippen molar-refractivity contribution in [2.75, 3.05) is 0 Å². The molecule has 0 saturated heterocycles. The third-order valence-corrected chi connectivity index (χ3v) is 6.47. The number of aliphatic imine (C=N–C) groups is 2. The van der Waals surface area contributed by atoms with Crippen LogP contribution in [0.25, 0.3) is 0 Å². The summed E-state index contributed by atoms with van der Waals surface area (Å²) < 4.78 is 0. The summed E-state index contributed by atoms with van der Waals surface area (Å²) >= 11 is 14.5. The molecule has 126 valence electrons. The van der Waals surface area contributed by atoms with Gasteiger partial charge < -0.3 is 0 Å². The van der Waals surface area contributed by atoms with E-state index >= 15 is 0 Å². The van der Waals surface area contributed by atoms with Gasteiger partial charge in [-0.1, -0.05) is 57.0 Å². The molecule has 1 aliphatic rings. The average molecular weight is 371 g/mol. The predicted molar refractivity (Wildman–Crippen MR) is 106 cm³/mol. The molecule has 1 aromatic rings. The molecule has 0 bridgehead atoms. The lowest BCUT2D eigenvalue weighted by atomic mass is 9.86. The van der Waals surface area contributed by atoms with Gasteiger partial charge in [0.15, 0.2) is 0 Å². The molecule has 5 heteroatoms. The number of rotatable bonds is 6. The highest BCUT2D eigenvalue weighted by molar-refractivity contribution is 8.00. The molecule has 0 aromatic heterocycles. The van der Waals surface area contributed by atoms with Gasteiger partial charge in [-0.25, -0.2) is 0 Å². The third-order valence-electron chi connectivity index (χ3n) is 4.37. The quantitative estimate of drug-likeness (QED) is 0.568. The number of halogens is 2. The van der Waals surface area contributed by atoms with Crippen molar-refractivity contribution in [3.63, 3.8) is 0 Å². The molecule has 0 aliphatic carbocycles. The summed E-state index contributed by atoms with van der Waals surface area (Å²) in [4.78, 5) is 9.95. The molecular formula is C18H24Cl2N2S. The lowest BCUT2D eigenvalue weighted by Gasteiger charge is -2.38. The van der Waals surface area contributed by atoms with E-state index in [1.807, 2.05) is 30.1 Å². The van der Waals surface area contributed by atoms with Crippen molar-refractivity contribution < 1.29 is 0 Å². The van der Waals surface area contributed by atoms with Crippen molar-refractivity contribution in [3.05, 3.63) is 33.8 Å². The first-order chi connectivity index (χ1) is 11.0. The molecule has 1 heterocycles. The fourth-order valence-corrected chi connectivity index (χ4v) is 4.67. The Hall–Kier alpha value is -0.510. The molecule has 3 unspecified atom stereocenters. The van der Waals surface area contributed by atoms with E-state index in [9.17, 15) is 0 Å². The van der Waals surface area contributed by atoms with Crippen molar-refractivity contribution in [3.8, 4) is 0 Å². The Kier molecular flexibility index (Phi) is 6.58. The van der Waals surface area contributed by atoms with E-state index in [0.717, 1.165) is 30.5 Å². The molecule has 0 N–H and O–H groups in total. The second-order valence-corrected chi connectivity index (χ2v) is 8.21. The second-order valence-electron chi connectivity index (χ2n) is 5.84. The first-order valence-electron chi connectivity index (χ1n) is 8.19. The van der Waals surface area contributed by atoms with Gasteiger partial charge in [-0.3, -0.25) is 9.98 Å². The predicted octanol–water partition coefficient (Wildman–Crippen LogP) is 6.39. The molecular weight excluding hydrogens is 347 g/mol. The van der Waals surface area contributed by atoms with Crippen LogP contribution in [0.5, 0.6) is 0 Å². The van der Waals surface area contributed by atoms with E-state index < -0.39 is 5.54 Å². The van der Waals surface area contributed by atoms with Crippen LogP contribution in [0.3, 0.4) is 0 Å². The molecule has 1 aromatic carbocycles. The monoisotopic (exact) mass is 370 g/mol. The van der Waals surface area contributed by atoms with Crippen LogP contribution in [-0.4, -0.2) is 22.6 Å². The molecule has 0 amide bonds. The number of hydrogen-bond acceptors (Lipinski definition) is 3. The van der Waals surface area contributed by atoms with Crippen LogP contribution < -0.4 is 0 Å². The second kappa shape index (κ2) is 8.04. The van der Waals surface area contributed by atoms with Crippen molar-refractivity contribution in [1.82, 2.24) is 0 Å². The molecule has 2 nitrogen and oxygen atoms in total. The molecule has 23 heavy (non-hydrogen) atoms. The molecule has 3 atom stereocenters. The van der Waals surface area contributed by atoms with Gasteiger partial charge in [0, 0.05) is 27.1 Å². The van der Waals surface area contributed by atoms with E-state index in [1.54, 1.807) is 6.07 Å². The third kappa shape index (κ3) is 3.94. The number of thioether (sulfide) groups is 1. The molecule has 0 saturated carbocycles. The smallest absolute Gasteiger partial charge is 0.125 e. The van der Waals surface area contributed by atoms with Crippen molar-refractivity contribution in [2.24, 2.45) is 9.98 Å². The Labute approximate surface area is 153 Å². The number of nitrogens with zero attached hydrogens (tertiary/aromatic N) is 2. The lowest BCUT2D eigenvalue weighted by molar-refractivity contribution is 0.417. The highest BCUT2D eigenvalue weighted by Crippen LogP contribution is 2.46. The van der Waals surface area contributed by atoms with Crippen LogP contribution in [0, 0.1) is 0 Å². The standard InChI is InChI=1S/C18H24Cl2N2S/c1-5-12(4)23-17-18(7-3,21-11-14(6-2)22-17)15-9-8-13(19)10-16(15)20/h8-12,17H,5-7H2,1-4H3. The zero-order valence-corrected chi connectivity index (χ0v) is 16.5. The molecule has 0 fully saturated rings. The van der Waals surface area contributed by atoms with Crippen LogP contribution >= 0.6 is 35.0 Å². The Morgan fingerprint density at radius 2 is 2.00 bits per heavy atom. The minimum atomic E-state index is -0.422. The van der Waals surface area contributed by atoms with Crippen molar-refractivity contribution >= 4 is 46.9 Å². The minimum absolute atomic E-state index is 0.0427. The fourth-order valence-electron chi connectivity index (χ4n) is 2.69. The summed E-state index contributed by atoms with van der Waals surface area (Å²) in [5, 5.41) is 1.88. The van der Waals surface area contributed by atoms with Crippen molar-refractivity contribution in [2.45, 2.75) is 63.1 Å². The van der Waals surface area contributed by atoms with Crippen LogP contribution in [0.2, 0.25) is 10.0 Å². The van der Waals surface area contributed by atoms with Crippen LogP contribution in [0.1, 0.15) is 52.5 Å². The highest BCUT2D eigenvalue weighted by atomic mass is 35.5. The summed E-state index contributed by atoms with van der Waals surface area (Å²) in [5.41, 5.74) is 1.65. The van der Waals surface area contributed by atoms with Gasteiger partial charge in [-0.15, -0.1) is 11.8 Å². The Morgan fingerprint density at radius 3 is 2.57 bits per heavy atom. The van der Waals surface area contributed by atoms with Gasteiger partial charge in [0.2, 0.25) is 0 Å². The van der Waals surface area contributed by atoms with E-state index in [0.29, 0.717) is 15.3 Å². The summed E-state index contributed by atoms with van der Waals surface area (Å²) in [6.07, 6.45) is 4.77. The van der Waals surface area contributed by atoms with Gasteiger partial charge in [0.05, 0.1) is 5.71 Å². The first-order valence-corrected chi connectivity index (χ1v) is 9.89. The van der Waals surface area contributed by atoms with E-state index in [1.165, 1.54) is 0 Å². The summed E-state index contributed by atoms with van der Waals surface area (Å²) in [7, 11) is 0. The van der Waals surface area contributed by atoms with E-state index in [2.05, 4.69) is 27.7 Å². The maximum Gasteiger partial charge on any atom is 0.125 e. The molecule has 0 radical (unpaired) electrons. The van der Waals surface area contributed by atoms with E-state index in [-0.39, 0.29) is 5.37 Å². The minimum Gasteiger partial charge on any atom is -0.277 e. The summed E-state index contributed by atoms with van der Waals surface area (Å²) in [6.45, 7) is 8.72. The summed E-state index contributed by atoms with van der Waals surface area (Å²) in [6, 6.07) is 5.69. The zero-order valence-electron chi connectivity index (χ0n) is 14.1. The summed E-state index contributed by atoms with van der Waals surface area (Å²) in [5.74, 6) is 0. The number of hydrogen-bond donors (Lipinski definition) is 0. The van der Waals surface area contributed by atoms with Gasteiger partial charge in [0.1, 0.15) is 10.9 Å². The van der Waals surface area contributed by atoms with Crippen LogP contribution in [0.4, 0.5) is 0 Å². The molecule has 2 rings (SSSR count). The Morgan fingerprint density at radius 1 is 1.26 bits per heavy atom. The van der Waals surface area contributed by atoms with Gasteiger partial charge >= 0.3 is 0 Å². The topological polar surface area (TPSA) is 24.7 Å². The van der Waals surface area contributed by atoms with Crippen LogP contribution in [0.15, 0.2) is 28.2 Å². The lowest BCUT2D eigenvalue weighted by Crippen LogP contribution is -2.39. The first kappa shape index (κ1) is 18.8. The number of benzene rings is 1. The van der Waals surface area contributed by atoms with Gasteiger partial charge in [-0.05, 0) is 31.4 Å². The maximum atomic E-state index is 6.52. The van der Waals surface area contributed by atoms with Crippen LogP contribution in [-0.2, 0) is 5.54 Å². The van der Waals surface area contributed by atoms with Gasteiger partial charge in [-0.2, -0.15) is 0 Å². The SMILES string of the molecule is CCC1=NC(SC(C)CC)C(CC)(c2ccc(Cl)cc2Cl)N=C1. The van der Waals surface area contributed by atoms with Crippen molar-refractivity contribution in [1.29, 1.82) is 0 Å². The fraction of sp³-hybridized carbons (Fsp3) is 0.556. The van der Waals surface area contributed by atoms with Gasteiger partial charge in [0.25, 0.3) is 0 Å². The highest BCUT2D eigenvalue weighted by Gasteiger charge is 2.42. The maximum absolute atomic E-state index is 6.52.